The number of phenols is 1. The molecule has 2 aromatic carbocycles. The summed E-state index contributed by atoms with van der Waals surface area (Å²) < 4.78 is 22.7. The molecule has 2 N–H and O–H groups in total. The molecule has 5 rings (SSSR count). The summed E-state index contributed by atoms with van der Waals surface area (Å²) in [5.74, 6) is 1.01. The maximum atomic E-state index is 13.0. The smallest absolute Gasteiger partial charge is 0.256 e. The standard InChI is InChI=1S/C23H22N2O6/c26-16-5-3-14-10-18(22(27)24-13-17-2-1-7-28-17)23(31-20(14)12-16)25-15-4-6-19-21(11-15)30-9-8-29-19/h3-6,10-12,17,26H,1-2,7-9,13H2,(H,24,27). The van der Waals surface area contributed by atoms with E-state index in [4.69, 9.17) is 18.6 Å². The SMILES string of the molecule is O=C(NCC1CCCO1)c1cc2ccc(O)cc2oc1=Nc1ccc2c(c1)OCCO2. The predicted octanol–water partition coefficient (Wildman–Crippen LogP) is 3.05. The van der Waals surface area contributed by atoms with Gasteiger partial charge < -0.3 is 29.1 Å². The zero-order chi connectivity index (χ0) is 21.2. The Balaban J connectivity index is 1.55. The molecule has 0 bridgehead atoms. The van der Waals surface area contributed by atoms with E-state index in [1.807, 2.05) is 0 Å². The van der Waals surface area contributed by atoms with Crippen LogP contribution in [0.1, 0.15) is 23.2 Å². The molecule has 160 valence electrons. The van der Waals surface area contributed by atoms with E-state index in [0.29, 0.717) is 53.5 Å². The Labute approximate surface area is 178 Å². The Morgan fingerprint density at radius 2 is 1.94 bits per heavy atom. The second kappa shape index (κ2) is 8.31. The van der Waals surface area contributed by atoms with Crippen LogP contribution >= 0.6 is 0 Å². The van der Waals surface area contributed by atoms with Crippen LogP contribution in [0.3, 0.4) is 0 Å². The number of amides is 1. The van der Waals surface area contributed by atoms with Crippen LogP contribution in [-0.2, 0) is 4.74 Å². The van der Waals surface area contributed by atoms with Crippen molar-refractivity contribution in [1.29, 1.82) is 0 Å². The lowest BCUT2D eigenvalue weighted by Gasteiger charge is -2.18. The first kappa shape index (κ1) is 19.4. The number of phenolic OH excluding ortho intramolecular Hbond substituents is 1. The predicted molar refractivity (Wildman–Crippen MR) is 112 cm³/mol. The number of hydrogen-bond acceptors (Lipinski definition) is 7. The monoisotopic (exact) mass is 422 g/mol. The number of nitrogens with zero attached hydrogens (tertiary/aromatic N) is 1. The van der Waals surface area contributed by atoms with Crippen LogP contribution < -0.4 is 20.3 Å². The number of nitrogens with one attached hydrogen (secondary N) is 1. The van der Waals surface area contributed by atoms with E-state index in [1.165, 1.54) is 6.07 Å². The van der Waals surface area contributed by atoms with Crippen molar-refractivity contribution in [1.82, 2.24) is 5.32 Å². The van der Waals surface area contributed by atoms with E-state index in [9.17, 15) is 9.90 Å². The first-order chi connectivity index (χ1) is 15.2. The van der Waals surface area contributed by atoms with Gasteiger partial charge in [-0.15, -0.1) is 0 Å². The second-order valence-corrected chi connectivity index (χ2v) is 7.47. The van der Waals surface area contributed by atoms with Crippen LogP contribution in [0.4, 0.5) is 5.69 Å². The van der Waals surface area contributed by atoms with E-state index in [2.05, 4.69) is 10.3 Å². The number of carbonyl (C=O) groups excluding carboxylic acids is 1. The molecule has 0 aliphatic carbocycles. The number of hydrogen-bond donors (Lipinski definition) is 2. The fourth-order valence-corrected chi connectivity index (χ4v) is 3.68. The van der Waals surface area contributed by atoms with E-state index in [1.54, 1.807) is 36.4 Å². The number of aromatic hydroxyl groups is 1. The molecule has 0 spiro atoms. The van der Waals surface area contributed by atoms with Gasteiger partial charge in [-0.25, -0.2) is 4.99 Å². The van der Waals surface area contributed by atoms with Gasteiger partial charge in [0.1, 0.15) is 30.1 Å². The first-order valence-corrected chi connectivity index (χ1v) is 10.3. The van der Waals surface area contributed by atoms with Crippen LogP contribution in [0.15, 0.2) is 51.9 Å². The lowest BCUT2D eigenvalue weighted by atomic mass is 10.1. The van der Waals surface area contributed by atoms with Gasteiger partial charge in [0.15, 0.2) is 11.5 Å². The van der Waals surface area contributed by atoms with Gasteiger partial charge in [-0.2, -0.15) is 0 Å². The van der Waals surface area contributed by atoms with E-state index in [0.717, 1.165) is 19.4 Å². The van der Waals surface area contributed by atoms with Gasteiger partial charge in [-0.1, -0.05) is 0 Å². The molecule has 1 aromatic heterocycles. The molecule has 1 unspecified atom stereocenters. The van der Waals surface area contributed by atoms with Crippen molar-refractivity contribution in [3.05, 3.63) is 53.6 Å². The molecule has 0 radical (unpaired) electrons. The van der Waals surface area contributed by atoms with Crippen molar-refractivity contribution < 1.29 is 28.5 Å². The van der Waals surface area contributed by atoms with Gasteiger partial charge in [-0.3, -0.25) is 4.79 Å². The Kier molecular flexibility index (Phi) is 5.21. The summed E-state index contributed by atoms with van der Waals surface area (Å²) in [6.45, 7) is 2.12. The van der Waals surface area contributed by atoms with E-state index < -0.39 is 0 Å². The lowest BCUT2D eigenvalue weighted by molar-refractivity contribution is 0.0854. The van der Waals surface area contributed by atoms with Gasteiger partial charge in [0, 0.05) is 30.7 Å². The number of carbonyl (C=O) groups is 1. The van der Waals surface area contributed by atoms with Crippen molar-refractivity contribution >= 4 is 22.6 Å². The highest BCUT2D eigenvalue weighted by molar-refractivity contribution is 5.96. The molecule has 1 saturated heterocycles. The molecular weight excluding hydrogens is 400 g/mol. The molecule has 0 saturated carbocycles. The van der Waals surface area contributed by atoms with Crippen LogP contribution in [0.25, 0.3) is 11.0 Å². The fourth-order valence-electron chi connectivity index (χ4n) is 3.68. The van der Waals surface area contributed by atoms with Crippen LogP contribution in [0.5, 0.6) is 17.2 Å². The normalized spacial score (nSPS) is 18.3. The molecule has 3 heterocycles. The van der Waals surface area contributed by atoms with Gasteiger partial charge in [-0.05, 0) is 43.2 Å². The topological polar surface area (TPSA) is 103 Å². The molecule has 2 aliphatic rings. The molecule has 31 heavy (non-hydrogen) atoms. The highest BCUT2D eigenvalue weighted by Gasteiger charge is 2.19. The zero-order valence-electron chi connectivity index (χ0n) is 16.8. The number of fused-ring (bicyclic) bond motifs is 2. The minimum absolute atomic E-state index is 0.0245. The van der Waals surface area contributed by atoms with Gasteiger partial charge >= 0.3 is 0 Å². The highest BCUT2D eigenvalue weighted by Crippen LogP contribution is 2.33. The zero-order valence-corrected chi connectivity index (χ0v) is 16.8. The summed E-state index contributed by atoms with van der Waals surface area (Å²) in [5.41, 5.74) is 1.42. The summed E-state index contributed by atoms with van der Waals surface area (Å²) in [7, 11) is 0. The molecule has 1 amide bonds. The van der Waals surface area contributed by atoms with Crippen LogP contribution in [0.2, 0.25) is 0 Å². The number of benzene rings is 2. The summed E-state index contributed by atoms with van der Waals surface area (Å²) >= 11 is 0. The van der Waals surface area contributed by atoms with Crippen molar-refractivity contribution in [2.45, 2.75) is 18.9 Å². The third-order valence-electron chi connectivity index (χ3n) is 5.25. The molecule has 2 aliphatic heterocycles. The summed E-state index contributed by atoms with van der Waals surface area (Å²) in [4.78, 5) is 17.5. The Hall–Kier alpha value is -3.52. The molecule has 1 fully saturated rings. The molecule has 1 atom stereocenters. The van der Waals surface area contributed by atoms with E-state index >= 15 is 0 Å². The first-order valence-electron chi connectivity index (χ1n) is 10.3. The Bertz CT molecular complexity index is 1200. The van der Waals surface area contributed by atoms with Gasteiger partial charge in [0.05, 0.1) is 11.8 Å². The number of ether oxygens (including phenoxy) is 3. The Morgan fingerprint density at radius 1 is 1.06 bits per heavy atom. The molecular formula is C23H22N2O6. The average molecular weight is 422 g/mol. The second-order valence-electron chi connectivity index (χ2n) is 7.47. The summed E-state index contributed by atoms with van der Waals surface area (Å²) in [6, 6.07) is 11.7. The molecule has 3 aromatic rings. The number of rotatable bonds is 4. The third kappa shape index (κ3) is 4.20. The molecule has 8 heteroatoms. The highest BCUT2D eigenvalue weighted by atomic mass is 16.6. The lowest BCUT2D eigenvalue weighted by Crippen LogP contribution is -2.34. The molecule has 8 nitrogen and oxygen atoms in total. The van der Waals surface area contributed by atoms with Crippen molar-refractivity contribution in [3.63, 3.8) is 0 Å². The van der Waals surface area contributed by atoms with Gasteiger partial charge in [0.2, 0.25) is 5.55 Å². The minimum Gasteiger partial charge on any atom is -0.508 e. The summed E-state index contributed by atoms with van der Waals surface area (Å²) in [5, 5.41) is 13.4. The average Bonchev–Trinajstić information content (AvgIpc) is 3.30. The minimum atomic E-state index is -0.300. The van der Waals surface area contributed by atoms with Crippen molar-refractivity contribution in [2.75, 3.05) is 26.4 Å². The quantitative estimate of drug-likeness (QED) is 0.670. The fraction of sp³-hybridized carbons (Fsp3) is 0.304. The Morgan fingerprint density at radius 3 is 2.77 bits per heavy atom. The van der Waals surface area contributed by atoms with Crippen molar-refractivity contribution in [2.24, 2.45) is 4.99 Å². The van der Waals surface area contributed by atoms with E-state index in [-0.39, 0.29) is 23.3 Å². The maximum Gasteiger partial charge on any atom is 0.256 e. The third-order valence-corrected chi connectivity index (χ3v) is 5.25. The van der Waals surface area contributed by atoms with Crippen LogP contribution in [0, 0.1) is 0 Å². The largest absolute Gasteiger partial charge is 0.508 e. The maximum absolute atomic E-state index is 13.0. The van der Waals surface area contributed by atoms with Gasteiger partial charge in [0.25, 0.3) is 5.91 Å². The van der Waals surface area contributed by atoms with Crippen molar-refractivity contribution in [3.8, 4) is 17.2 Å². The van der Waals surface area contributed by atoms with Crippen LogP contribution in [-0.4, -0.2) is 43.5 Å². The summed E-state index contributed by atoms with van der Waals surface area (Å²) in [6.07, 6.45) is 1.95.